The number of piperidine rings is 1. The highest BCUT2D eigenvalue weighted by Gasteiger charge is 2.22. The number of rotatable bonds is 9. The number of hydrogen-bond donors (Lipinski definition) is 3. The Hall–Kier alpha value is -3.78. The van der Waals surface area contributed by atoms with Crippen LogP contribution in [0.5, 0.6) is 11.5 Å². The molecule has 1 fully saturated rings. The molecule has 0 amide bonds. The lowest BCUT2D eigenvalue weighted by molar-refractivity contribution is -0.108. The molecule has 0 saturated carbocycles. The van der Waals surface area contributed by atoms with Crippen LogP contribution >= 0.6 is 0 Å². The minimum atomic E-state index is 0.270. The van der Waals surface area contributed by atoms with Crippen molar-refractivity contribution in [3.63, 3.8) is 0 Å². The third-order valence-electron chi connectivity index (χ3n) is 6.08. The molecule has 1 atom stereocenters. The van der Waals surface area contributed by atoms with Gasteiger partial charge in [-0.2, -0.15) is 0 Å². The molecule has 37 heavy (non-hydrogen) atoms. The van der Waals surface area contributed by atoms with Crippen molar-refractivity contribution >= 4 is 23.6 Å². The Bertz CT molecular complexity index is 1130. The lowest BCUT2D eigenvalue weighted by Gasteiger charge is -2.31. The number of anilines is 2. The van der Waals surface area contributed by atoms with E-state index < -0.39 is 0 Å². The SMILES string of the molecule is CC(C)CCC=O.CN1CCCC(Nc2ncnc(N)c2C(=N)c2ccc(Oc3ccccc3)cc2)C1. The highest BCUT2D eigenvalue weighted by Crippen LogP contribution is 2.26. The summed E-state index contributed by atoms with van der Waals surface area (Å²) in [6.07, 6.45) is 6.36. The summed E-state index contributed by atoms with van der Waals surface area (Å²) in [5.74, 6) is 3.05. The first-order valence-corrected chi connectivity index (χ1v) is 12.8. The van der Waals surface area contributed by atoms with E-state index in [1.165, 1.54) is 6.33 Å². The molecule has 8 heteroatoms. The fourth-order valence-electron chi connectivity index (χ4n) is 4.09. The van der Waals surface area contributed by atoms with Gasteiger partial charge in [0.2, 0.25) is 0 Å². The molecule has 1 aliphatic rings. The summed E-state index contributed by atoms with van der Waals surface area (Å²) in [4.78, 5) is 20.5. The van der Waals surface area contributed by atoms with Crippen LogP contribution in [-0.2, 0) is 4.79 Å². The van der Waals surface area contributed by atoms with E-state index in [1.807, 2.05) is 54.6 Å². The second kappa shape index (κ2) is 14.1. The molecule has 0 spiro atoms. The van der Waals surface area contributed by atoms with E-state index in [4.69, 9.17) is 15.9 Å². The van der Waals surface area contributed by atoms with Gasteiger partial charge in [0.25, 0.3) is 0 Å². The maximum Gasteiger partial charge on any atom is 0.141 e. The van der Waals surface area contributed by atoms with Gasteiger partial charge in [-0.25, -0.2) is 9.97 Å². The Labute approximate surface area is 219 Å². The highest BCUT2D eigenvalue weighted by atomic mass is 16.5. The molecule has 4 rings (SSSR count). The zero-order chi connectivity index (χ0) is 26.6. The molecule has 0 radical (unpaired) electrons. The van der Waals surface area contributed by atoms with Crippen LogP contribution in [0.3, 0.4) is 0 Å². The zero-order valence-corrected chi connectivity index (χ0v) is 22.0. The predicted molar refractivity (Wildman–Crippen MR) is 150 cm³/mol. The zero-order valence-electron chi connectivity index (χ0n) is 22.0. The Kier molecular flexibility index (Phi) is 10.6. The van der Waals surface area contributed by atoms with Gasteiger partial charge in [0.05, 0.1) is 11.3 Å². The second-order valence-corrected chi connectivity index (χ2v) is 9.68. The number of para-hydroxylation sites is 1. The number of likely N-dealkylation sites (tertiary alicyclic amines) is 1. The number of nitrogen functional groups attached to an aromatic ring is 1. The predicted octanol–water partition coefficient (Wildman–Crippen LogP) is 5.39. The molecule has 0 aliphatic carbocycles. The Morgan fingerprint density at radius 1 is 1.16 bits per heavy atom. The van der Waals surface area contributed by atoms with E-state index >= 15 is 0 Å². The van der Waals surface area contributed by atoms with Crippen molar-refractivity contribution in [2.75, 3.05) is 31.2 Å². The van der Waals surface area contributed by atoms with Gasteiger partial charge >= 0.3 is 0 Å². The molecular weight excluding hydrogens is 464 g/mol. The maximum atomic E-state index is 9.71. The van der Waals surface area contributed by atoms with Crippen LogP contribution in [0.2, 0.25) is 0 Å². The summed E-state index contributed by atoms with van der Waals surface area (Å²) in [7, 11) is 2.12. The minimum Gasteiger partial charge on any atom is -0.457 e. The Morgan fingerprint density at radius 2 is 1.86 bits per heavy atom. The topological polar surface area (TPSA) is 117 Å². The van der Waals surface area contributed by atoms with Crippen molar-refractivity contribution in [3.8, 4) is 11.5 Å². The largest absolute Gasteiger partial charge is 0.457 e. The number of aromatic nitrogens is 2. The third kappa shape index (κ3) is 8.68. The third-order valence-corrected chi connectivity index (χ3v) is 6.08. The van der Waals surface area contributed by atoms with Crippen LogP contribution in [0.15, 0.2) is 60.9 Å². The molecule has 2 aromatic carbocycles. The summed E-state index contributed by atoms with van der Waals surface area (Å²) in [5.41, 5.74) is 7.69. The number of carbonyl (C=O) groups is 1. The Balaban J connectivity index is 0.000000479. The van der Waals surface area contributed by atoms with Crippen molar-refractivity contribution in [3.05, 3.63) is 72.1 Å². The number of nitrogens with one attached hydrogen (secondary N) is 2. The van der Waals surface area contributed by atoms with Crippen LogP contribution in [0.1, 0.15) is 50.7 Å². The van der Waals surface area contributed by atoms with Gasteiger partial charge in [0, 0.05) is 24.6 Å². The van der Waals surface area contributed by atoms with Gasteiger partial charge < -0.3 is 25.5 Å². The molecule has 4 N–H and O–H groups in total. The summed E-state index contributed by atoms with van der Waals surface area (Å²) < 4.78 is 5.84. The van der Waals surface area contributed by atoms with Gasteiger partial charge in [0.15, 0.2) is 0 Å². The van der Waals surface area contributed by atoms with Crippen molar-refractivity contribution < 1.29 is 9.53 Å². The lowest BCUT2D eigenvalue weighted by Crippen LogP contribution is -2.40. The van der Waals surface area contributed by atoms with E-state index in [2.05, 4.69) is 41.1 Å². The first kappa shape index (κ1) is 27.8. The normalized spacial score (nSPS) is 15.4. The molecule has 2 heterocycles. The van der Waals surface area contributed by atoms with E-state index in [9.17, 15) is 4.79 Å². The molecular formula is C29H38N6O2. The number of likely N-dealkylation sites (N-methyl/N-ethyl adjacent to an activating group) is 1. The number of nitrogens with zero attached hydrogens (tertiary/aromatic N) is 3. The number of hydrogen-bond acceptors (Lipinski definition) is 8. The van der Waals surface area contributed by atoms with Crippen molar-refractivity contribution in [1.29, 1.82) is 5.41 Å². The van der Waals surface area contributed by atoms with Gasteiger partial charge in [-0.05, 0) is 75.2 Å². The first-order chi connectivity index (χ1) is 17.9. The van der Waals surface area contributed by atoms with Gasteiger partial charge in [-0.15, -0.1) is 0 Å². The van der Waals surface area contributed by atoms with Crippen LogP contribution in [0.4, 0.5) is 11.6 Å². The van der Waals surface area contributed by atoms with E-state index in [1.54, 1.807) is 0 Å². The lowest BCUT2D eigenvalue weighted by atomic mass is 10.0. The molecule has 1 saturated heterocycles. The number of nitrogens with two attached hydrogens (primary N) is 1. The molecule has 1 aliphatic heterocycles. The maximum absolute atomic E-state index is 9.71. The summed E-state index contributed by atoms with van der Waals surface area (Å²) in [6, 6.07) is 17.3. The molecule has 1 aromatic heterocycles. The molecule has 1 unspecified atom stereocenters. The summed E-state index contributed by atoms with van der Waals surface area (Å²) in [5, 5.41) is 12.2. The van der Waals surface area contributed by atoms with E-state index in [-0.39, 0.29) is 11.8 Å². The molecule has 0 bridgehead atoms. The standard InChI is InChI=1S/C23H26N6O.C6H12O/c1-29-13-5-6-17(14-29)28-23-20(22(25)26-15-27-23)21(24)16-9-11-19(12-10-16)30-18-7-3-2-4-8-18;1-6(2)4-3-5-7/h2-4,7-12,15,17,24H,5-6,13-14H2,1H3,(H3,25,26,27,28);5-6H,3-4H2,1-2H3. The molecule has 196 valence electrons. The van der Waals surface area contributed by atoms with Gasteiger partial charge in [-0.1, -0.05) is 32.0 Å². The number of ether oxygens (including phenoxy) is 1. The number of benzene rings is 2. The summed E-state index contributed by atoms with van der Waals surface area (Å²) >= 11 is 0. The van der Waals surface area contributed by atoms with Crippen LogP contribution in [-0.4, -0.2) is 53.0 Å². The average molecular weight is 503 g/mol. The first-order valence-electron chi connectivity index (χ1n) is 12.8. The monoisotopic (exact) mass is 502 g/mol. The van der Waals surface area contributed by atoms with Crippen LogP contribution < -0.4 is 15.8 Å². The fourth-order valence-corrected chi connectivity index (χ4v) is 4.09. The quantitative estimate of drug-likeness (QED) is 0.265. The smallest absolute Gasteiger partial charge is 0.141 e. The number of carbonyl (C=O) groups excluding carboxylic acids is 1. The van der Waals surface area contributed by atoms with Gasteiger partial charge in [-0.3, -0.25) is 5.41 Å². The van der Waals surface area contributed by atoms with Gasteiger partial charge in [0.1, 0.15) is 35.7 Å². The second-order valence-electron chi connectivity index (χ2n) is 9.68. The Morgan fingerprint density at radius 3 is 2.49 bits per heavy atom. The molecule has 3 aromatic rings. The van der Waals surface area contributed by atoms with E-state index in [0.29, 0.717) is 28.9 Å². The molecule has 8 nitrogen and oxygen atoms in total. The van der Waals surface area contributed by atoms with Crippen LogP contribution in [0, 0.1) is 11.3 Å². The van der Waals surface area contributed by atoms with Crippen molar-refractivity contribution in [2.45, 2.75) is 45.6 Å². The summed E-state index contributed by atoms with van der Waals surface area (Å²) in [6.45, 7) is 6.26. The van der Waals surface area contributed by atoms with E-state index in [0.717, 1.165) is 56.4 Å². The van der Waals surface area contributed by atoms with Crippen molar-refractivity contribution in [1.82, 2.24) is 14.9 Å². The number of aldehydes is 1. The van der Waals surface area contributed by atoms with Crippen molar-refractivity contribution in [2.24, 2.45) is 5.92 Å². The highest BCUT2D eigenvalue weighted by molar-refractivity contribution is 6.16. The average Bonchev–Trinajstić information content (AvgIpc) is 2.89. The van der Waals surface area contributed by atoms with Crippen LogP contribution in [0.25, 0.3) is 0 Å². The fraction of sp³-hybridized carbons (Fsp3) is 0.379. The minimum absolute atomic E-state index is 0.270.